The Morgan fingerprint density at radius 1 is 0.482 bits per heavy atom. The fourth-order valence-corrected chi connectivity index (χ4v) is 7.46. The number of hydrogen-bond donors (Lipinski definition) is 1. The number of rotatable bonds is 8. The van der Waals surface area contributed by atoms with Crippen LogP contribution in [0.3, 0.4) is 0 Å². The summed E-state index contributed by atoms with van der Waals surface area (Å²) in [4.78, 5) is 14.9. The van der Waals surface area contributed by atoms with E-state index in [-0.39, 0.29) is 6.17 Å². The first-order valence-electron chi connectivity index (χ1n) is 18.9. The molecule has 0 saturated carbocycles. The van der Waals surface area contributed by atoms with E-state index in [1.807, 2.05) is 25.1 Å². The summed E-state index contributed by atoms with van der Waals surface area (Å²) in [6, 6.07) is 70.2. The van der Waals surface area contributed by atoms with Gasteiger partial charge in [-0.15, -0.1) is 0 Å². The average molecular weight is 719 g/mol. The van der Waals surface area contributed by atoms with Crippen molar-refractivity contribution in [3.63, 3.8) is 0 Å². The summed E-state index contributed by atoms with van der Waals surface area (Å²) in [5.74, 6) is 1.40. The maximum Gasteiger partial charge on any atom is 0.159 e. The van der Waals surface area contributed by atoms with Gasteiger partial charge in [-0.25, -0.2) is 9.98 Å². The van der Waals surface area contributed by atoms with E-state index in [0.717, 1.165) is 56.2 Å². The summed E-state index contributed by atoms with van der Waals surface area (Å²) >= 11 is 0. The van der Waals surface area contributed by atoms with Crippen LogP contribution in [-0.2, 0) is 0 Å². The fraction of sp³-hybridized carbons (Fsp3) is 0.0577. The molecule has 0 bridgehead atoms. The number of benzene rings is 6. The van der Waals surface area contributed by atoms with Crippen molar-refractivity contribution < 1.29 is 0 Å². The summed E-state index contributed by atoms with van der Waals surface area (Å²) in [5.41, 5.74) is 16.3. The standard InChI is InChI=1S/C52H38N4/c1-35-26-31-46(36(2)53-35)43-24-15-25-44(32-43)52-55-50(41-22-13-6-14-23-41)54-51(56-52)42-29-27-37(28-30-42)45-33-47(38-16-7-3-8-17-38)49(40-20-11-5-12-21-40)48(34-45)39-18-9-4-10-19-39/h3-13,15-22,24-34,50H,1-2H3,(H,54,55,56). The van der Waals surface area contributed by atoms with Crippen molar-refractivity contribution >= 4 is 11.7 Å². The monoisotopic (exact) mass is 718 g/mol. The van der Waals surface area contributed by atoms with Gasteiger partial charge < -0.3 is 5.32 Å². The number of nitrogens with zero attached hydrogens (tertiary/aromatic N) is 3. The Morgan fingerprint density at radius 2 is 1.09 bits per heavy atom. The molecule has 0 aliphatic carbocycles. The second kappa shape index (κ2) is 15.2. The van der Waals surface area contributed by atoms with Crippen molar-refractivity contribution in [3.8, 4) is 55.6 Å². The highest BCUT2D eigenvalue weighted by Crippen LogP contribution is 2.43. The van der Waals surface area contributed by atoms with E-state index in [0.29, 0.717) is 5.84 Å². The van der Waals surface area contributed by atoms with E-state index in [1.54, 1.807) is 0 Å². The quantitative estimate of drug-likeness (QED) is 0.170. The number of aromatic nitrogens is 1. The van der Waals surface area contributed by atoms with Crippen LogP contribution in [-0.4, -0.2) is 16.7 Å². The van der Waals surface area contributed by atoms with E-state index < -0.39 is 0 Å². The van der Waals surface area contributed by atoms with E-state index in [1.165, 1.54) is 33.4 Å². The highest BCUT2D eigenvalue weighted by atomic mass is 15.2. The molecule has 9 rings (SSSR count). The minimum absolute atomic E-state index is 0.381. The number of amidine groups is 2. The normalized spacial score (nSPS) is 13.6. The van der Waals surface area contributed by atoms with Crippen LogP contribution in [0.25, 0.3) is 55.6 Å². The summed E-state index contributed by atoms with van der Waals surface area (Å²) in [6.07, 6.45) is -0.381. The van der Waals surface area contributed by atoms with Crippen LogP contribution in [0.1, 0.15) is 34.2 Å². The number of hydrogen-bond acceptors (Lipinski definition) is 4. The van der Waals surface area contributed by atoms with Gasteiger partial charge in [0.25, 0.3) is 0 Å². The highest BCUT2D eigenvalue weighted by Gasteiger charge is 2.22. The first kappa shape index (κ1) is 34.4. The van der Waals surface area contributed by atoms with Gasteiger partial charge in [0, 0.05) is 33.6 Å². The molecule has 1 aliphatic heterocycles. The van der Waals surface area contributed by atoms with Crippen molar-refractivity contribution in [1.82, 2.24) is 10.3 Å². The third-order valence-electron chi connectivity index (χ3n) is 10.2. The van der Waals surface area contributed by atoms with E-state index >= 15 is 0 Å². The molecule has 1 aromatic heterocycles. The topological polar surface area (TPSA) is 49.6 Å². The number of aryl methyl sites for hydroxylation is 2. The van der Waals surface area contributed by atoms with E-state index in [9.17, 15) is 0 Å². The largest absolute Gasteiger partial charge is 0.344 e. The van der Waals surface area contributed by atoms with Crippen molar-refractivity contribution in [1.29, 1.82) is 0 Å². The Labute approximate surface area is 328 Å². The van der Waals surface area contributed by atoms with Gasteiger partial charge >= 0.3 is 0 Å². The molecule has 7 aromatic carbocycles. The van der Waals surface area contributed by atoms with Crippen LogP contribution >= 0.6 is 0 Å². The zero-order valence-electron chi connectivity index (χ0n) is 31.2. The Balaban J connectivity index is 1.13. The molecular formula is C52H38N4. The molecule has 2 heterocycles. The maximum absolute atomic E-state index is 5.14. The Hall–Kier alpha value is -7.35. The van der Waals surface area contributed by atoms with E-state index in [2.05, 4.69) is 188 Å². The highest BCUT2D eigenvalue weighted by molar-refractivity contribution is 6.13. The number of nitrogens with one attached hydrogen (secondary N) is 1. The summed E-state index contributed by atoms with van der Waals surface area (Å²) in [7, 11) is 0. The van der Waals surface area contributed by atoms with Gasteiger partial charge in [-0.3, -0.25) is 4.98 Å². The van der Waals surface area contributed by atoms with Crippen molar-refractivity contribution in [2.24, 2.45) is 9.98 Å². The van der Waals surface area contributed by atoms with Gasteiger partial charge in [-0.1, -0.05) is 158 Å². The molecule has 1 N–H and O–H groups in total. The van der Waals surface area contributed by atoms with Gasteiger partial charge in [-0.2, -0.15) is 0 Å². The van der Waals surface area contributed by atoms with Gasteiger partial charge in [0.15, 0.2) is 12.0 Å². The van der Waals surface area contributed by atoms with Gasteiger partial charge in [-0.05, 0) is 100 Å². The van der Waals surface area contributed by atoms with E-state index in [4.69, 9.17) is 15.0 Å². The lowest BCUT2D eigenvalue weighted by Gasteiger charge is -2.23. The molecule has 1 unspecified atom stereocenters. The molecular weight excluding hydrogens is 681 g/mol. The minimum Gasteiger partial charge on any atom is -0.344 e. The fourth-order valence-electron chi connectivity index (χ4n) is 7.46. The zero-order chi connectivity index (χ0) is 37.8. The molecule has 0 radical (unpaired) electrons. The predicted molar refractivity (Wildman–Crippen MR) is 230 cm³/mol. The summed E-state index contributed by atoms with van der Waals surface area (Å²) in [6.45, 7) is 4.07. The second-order valence-corrected chi connectivity index (χ2v) is 14.0. The van der Waals surface area contributed by atoms with Crippen LogP contribution in [0, 0.1) is 26.0 Å². The lowest BCUT2D eigenvalue weighted by molar-refractivity contribution is 0.674. The first-order chi connectivity index (χ1) is 27.6. The first-order valence-corrected chi connectivity index (χ1v) is 18.9. The van der Waals surface area contributed by atoms with Crippen molar-refractivity contribution in [3.05, 3.63) is 222 Å². The Morgan fingerprint density at radius 3 is 1.71 bits per heavy atom. The third kappa shape index (κ3) is 7.02. The molecule has 0 saturated heterocycles. The molecule has 0 spiro atoms. The summed E-state index contributed by atoms with van der Waals surface area (Å²) < 4.78 is 0. The SMILES string of the molecule is Cc1ccc(-c2cccc(C3=NC(c4c#cccc4)NC(c4ccc(-c5cc(-c6ccccc6)c(-c6ccccc6)c(-c6ccccc6)c5)cc4)=N3)c2)c(C)n1. The summed E-state index contributed by atoms with van der Waals surface area (Å²) in [5, 5.41) is 3.59. The molecule has 4 nitrogen and oxygen atoms in total. The predicted octanol–water partition coefficient (Wildman–Crippen LogP) is 12.1. The molecule has 56 heavy (non-hydrogen) atoms. The third-order valence-corrected chi connectivity index (χ3v) is 10.2. The molecule has 8 aromatic rings. The lowest BCUT2D eigenvalue weighted by Crippen LogP contribution is -2.33. The smallest absolute Gasteiger partial charge is 0.159 e. The van der Waals surface area contributed by atoms with Crippen LogP contribution in [0.2, 0.25) is 0 Å². The van der Waals surface area contributed by atoms with Crippen LogP contribution in [0.15, 0.2) is 192 Å². The molecule has 1 aliphatic rings. The van der Waals surface area contributed by atoms with Gasteiger partial charge in [0.05, 0.1) is 0 Å². The van der Waals surface area contributed by atoms with Crippen molar-refractivity contribution in [2.45, 2.75) is 20.0 Å². The Bertz CT molecular complexity index is 2640. The van der Waals surface area contributed by atoms with Gasteiger partial charge in [0.1, 0.15) is 5.84 Å². The second-order valence-electron chi connectivity index (χ2n) is 14.0. The average Bonchev–Trinajstić information content (AvgIpc) is 3.27. The van der Waals surface area contributed by atoms with Gasteiger partial charge in [0.2, 0.25) is 0 Å². The molecule has 0 fully saturated rings. The van der Waals surface area contributed by atoms with Crippen LogP contribution in [0.5, 0.6) is 0 Å². The molecule has 1 atom stereocenters. The van der Waals surface area contributed by atoms with Crippen molar-refractivity contribution in [2.75, 3.05) is 0 Å². The molecule has 266 valence electrons. The minimum atomic E-state index is -0.381. The van der Waals surface area contributed by atoms with Crippen LogP contribution in [0.4, 0.5) is 0 Å². The number of pyridine rings is 1. The molecule has 4 heteroatoms. The zero-order valence-corrected chi connectivity index (χ0v) is 31.2. The number of aliphatic imine (C=N–C) groups is 2. The maximum atomic E-state index is 5.14. The lowest BCUT2D eigenvalue weighted by atomic mass is 9.84. The Kier molecular flexibility index (Phi) is 9.33. The van der Waals surface area contributed by atoms with Crippen LogP contribution < -0.4 is 5.32 Å². The molecule has 0 amide bonds.